The average molecular weight is 347 g/mol. The molecule has 1 aliphatic heterocycles. The van der Waals surface area contributed by atoms with Crippen LogP contribution in [0.5, 0.6) is 11.5 Å². The number of halogens is 1. The lowest BCUT2D eigenvalue weighted by molar-refractivity contribution is -0.918. The highest BCUT2D eigenvalue weighted by atomic mass is 35.5. The third kappa shape index (κ3) is 4.19. The van der Waals surface area contributed by atoms with E-state index < -0.39 is 0 Å². The second-order valence-corrected chi connectivity index (χ2v) is 6.37. The molecule has 0 bridgehead atoms. The van der Waals surface area contributed by atoms with Crippen molar-refractivity contribution in [2.75, 3.05) is 26.2 Å². The fraction of sp³-hybridized carbons (Fsp3) is 0.278. The maximum absolute atomic E-state index is 9.49. The largest absolute Gasteiger partial charge is 0.504 e. The summed E-state index contributed by atoms with van der Waals surface area (Å²) in [6.07, 6.45) is 1.71. The SMILES string of the molecule is Oc1ccc(/C=N/N2CC[NH+](Cc3ccccc3Cl)CC2)cc1O. The van der Waals surface area contributed by atoms with Crippen molar-refractivity contribution in [3.05, 3.63) is 58.6 Å². The highest BCUT2D eigenvalue weighted by Gasteiger charge is 2.19. The number of hydrazone groups is 1. The second-order valence-electron chi connectivity index (χ2n) is 5.96. The van der Waals surface area contributed by atoms with Crippen LogP contribution in [0.1, 0.15) is 11.1 Å². The van der Waals surface area contributed by atoms with E-state index in [0.717, 1.165) is 43.3 Å². The van der Waals surface area contributed by atoms with Crippen LogP contribution in [0.25, 0.3) is 0 Å². The molecule has 1 heterocycles. The Balaban J connectivity index is 1.52. The molecule has 0 aliphatic carbocycles. The maximum Gasteiger partial charge on any atom is 0.158 e. The summed E-state index contributed by atoms with van der Waals surface area (Å²) in [5.74, 6) is -0.253. The van der Waals surface area contributed by atoms with Gasteiger partial charge in [0.1, 0.15) is 6.54 Å². The molecule has 0 spiro atoms. The van der Waals surface area contributed by atoms with E-state index in [9.17, 15) is 10.2 Å². The topological polar surface area (TPSA) is 60.5 Å². The Morgan fingerprint density at radius 2 is 1.83 bits per heavy atom. The van der Waals surface area contributed by atoms with E-state index in [1.165, 1.54) is 22.6 Å². The summed E-state index contributed by atoms with van der Waals surface area (Å²) in [7, 11) is 0. The van der Waals surface area contributed by atoms with Gasteiger partial charge in [0.25, 0.3) is 0 Å². The predicted octanol–water partition coefficient (Wildman–Crippen LogP) is 1.49. The molecule has 3 rings (SSSR count). The number of nitrogens with one attached hydrogen (secondary N) is 1. The normalized spacial score (nSPS) is 16.0. The zero-order valence-electron chi connectivity index (χ0n) is 13.3. The summed E-state index contributed by atoms with van der Waals surface area (Å²) in [4.78, 5) is 1.50. The van der Waals surface area contributed by atoms with Gasteiger partial charge in [-0.25, -0.2) is 0 Å². The quantitative estimate of drug-likeness (QED) is 0.580. The first-order valence-corrected chi connectivity index (χ1v) is 8.37. The molecule has 126 valence electrons. The molecule has 0 unspecified atom stereocenters. The van der Waals surface area contributed by atoms with E-state index in [0.29, 0.717) is 0 Å². The summed E-state index contributed by atoms with van der Waals surface area (Å²) in [6, 6.07) is 12.7. The van der Waals surface area contributed by atoms with Crippen molar-refractivity contribution in [2.45, 2.75) is 6.54 Å². The standard InChI is InChI=1S/C18H20ClN3O2/c19-16-4-2-1-3-15(16)13-21-7-9-22(10-8-21)20-12-14-5-6-17(23)18(24)11-14/h1-6,11-12,23-24H,7-10,13H2/p+1/b20-12+. The molecule has 0 amide bonds. The minimum Gasteiger partial charge on any atom is -0.504 e. The summed E-state index contributed by atoms with van der Waals surface area (Å²) in [6.45, 7) is 4.69. The van der Waals surface area contributed by atoms with Crippen molar-refractivity contribution in [3.63, 3.8) is 0 Å². The van der Waals surface area contributed by atoms with Gasteiger partial charge in [0.2, 0.25) is 0 Å². The number of benzene rings is 2. The highest BCUT2D eigenvalue weighted by molar-refractivity contribution is 6.31. The van der Waals surface area contributed by atoms with Gasteiger partial charge >= 0.3 is 0 Å². The summed E-state index contributed by atoms with van der Waals surface area (Å²) in [5.41, 5.74) is 1.95. The van der Waals surface area contributed by atoms with Crippen LogP contribution < -0.4 is 4.90 Å². The van der Waals surface area contributed by atoms with Gasteiger partial charge < -0.3 is 15.1 Å². The molecule has 3 N–H and O–H groups in total. The maximum atomic E-state index is 9.49. The third-order valence-electron chi connectivity index (χ3n) is 4.21. The number of rotatable bonds is 4. The zero-order chi connectivity index (χ0) is 16.9. The van der Waals surface area contributed by atoms with Crippen LogP contribution in [-0.2, 0) is 6.54 Å². The first kappa shape index (κ1) is 16.6. The van der Waals surface area contributed by atoms with E-state index in [1.807, 2.05) is 23.2 Å². The van der Waals surface area contributed by atoms with Crippen molar-refractivity contribution in [3.8, 4) is 11.5 Å². The van der Waals surface area contributed by atoms with Gasteiger partial charge in [0, 0.05) is 10.6 Å². The zero-order valence-corrected chi connectivity index (χ0v) is 14.1. The number of phenolic OH excluding ortho intramolecular Hbond substituents is 2. The first-order chi connectivity index (χ1) is 11.6. The molecule has 1 saturated heterocycles. The van der Waals surface area contributed by atoms with Crippen molar-refractivity contribution in [1.82, 2.24) is 5.01 Å². The summed E-state index contributed by atoms with van der Waals surface area (Å²) < 4.78 is 0. The van der Waals surface area contributed by atoms with Crippen molar-refractivity contribution in [2.24, 2.45) is 5.10 Å². The molecular weight excluding hydrogens is 326 g/mol. The van der Waals surface area contributed by atoms with Crippen LogP contribution >= 0.6 is 11.6 Å². The van der Waals surface area contributed by atoms with Crippen molar-refractivity contribution >= 4 is 17.8 Å². The molecule has 1 fully saturated rings. The molecule has 6 heteroatoms. The Kier molecular flexibility index (Phi) is 5.23. The third-order valence-corrected chi connectivity index (χ3v) is 4.58. The number of hydrogen-bond donors (Lipinski definition) is 3. The lowest BCUT2D eigenvalue weighted by atomic mass is 10.2. The van der Waals surface area contributed by atoms with Crippen molar-refractivity contribution < 1.29 is 15.1 Å². The molecule has 1 aliphatic rings. The van der Waals surface area contributed by atoms with Crippen LogP contribution in [0.2, 0.25) is 5.02 Å². The molecule has 24 heavy (non-hydrogen) atoms. The van der Waals surface area contributed by atoms with E-state index in [1.54, 1.807) is 12.3 Å². The number of quaternary nitrogens is 1. The van der Waals surface area contributed by atoms with Gasteiger partial charge in [-0.15, -0.1) is 0 Å². The van der Waals surface area contributed by atoms with Gasteiger partial charge in [-0.3, -0.25) is 5.01 Å². The Hall–Kier alpha value is -2.24. The average Bonchev–Trinajstić information content (AvgIpc) is 2.59. The summed E-state index contributed by atoms with van der Waals surface area (Å²) >= 11 is 6.23. The number of hydrogen-bond acceptors (Lipinski definition) is 4. The molecule has 2 aromatic carbocycles. The summed E-state index contributed by atoms with van der Waals surface area (Å²) in [5, 5.41) is 26.1. The van der Waals surface area contributed by atoms with E-state index >= 15 is 0 Å². The highest BCUT2D eigenvalue weighted by Crippen LogP contribution is 2.24. The van der Waals surface area contributed by atoms with Crippen LogP contribution in [0.4, 0.5) is 0 Å². The fourth-order valence-electron chi connectivity index (χ4n) is 2.78. The Morgan fingerprint density at radius 1 is 1.08 bits per heavy atom. The lowest BCUT2D eigenvalue weighted by Gasteiger charge is -2.30. The van der Waals surface area contributed by atoms with Crippen LogP contribution in [0, 0.1) is 0 Å². The molecule has 0 aromatic heterocycles. The molecule has 0 atom stereocenters. The van der Waals surface area contributed by atoms with E-state index in [2.05, 4.69) is 11.2 Å². The smallest absolute Gasteiger partial charge is 0.158 e. The number of phenols is 2. The monoisotopic (exact) mass is 346 g/mol. The van der Waals surface area contributed by atoms with Crippen LogP contribution in [-0.4, -0.2) is 47.6 Å². The van der Waals surface area contributed by atoms with Gasteiger partial charge in [-0.1, -0.05) is 29.8 Å². The number of piperazine rings is 1. The van der Waals surface area contributed by atoms with Crippen LogP contribution in [0.3, 0.4) is 0 Å². The van der Waals surface area contributed by atoms with Gasteiger partial charge in [0.15, 0.2) is 11.5 Å². The Labute approximate surface area is 146 Å². The Morgan fingerprint density at radius 3 is 2.54 bits per heavy atom. The van der Waals surface area contributed by atoms with E-state index in [-0.39, 0.29) is 11.5 Å². The van der Waals surface area contributed by atoms with Gasteiger partial charge in [-0.05, 0) is 29.8 Å². The minimum absolute atomic E-state index is 0.121. The van der Waals surface area contributed by atoms with Crippen LogP contribution in [0.15, 0.2) is 47.6 Å². The first-order valence-electron chi connectivity index (χ1n) is 8.00. The number of aromatic hydroxyl groups is 2. The minimum atomic E-state index is -0.132. The predicted molar refractivity (Wildman–Crippen MR) is 94.8 cm³/mol. The molecule has 0 saturated carbocycles. The van der Waals surface area contributed by atoms with Gasteiger partial charge in [0.05, 0.1) is 32.4 Å². The molecular formula is C18H21ClN3O2+. The number of nitrogens with zero attached hydrogens (tertiary/aromatic N) is 2. The molecule has 0 radical (unpaired) electrons. The fourth-order valence-corrected chi connectivity index (χ4v) is 2.99. The van der Waals surface area contributed by atoms with Crippen molar-refractivity contribution in [1.29, 1.82) is 0 Å². The molecule has 5 nitrogen and oxygen atoms in total. The van der Waals surface area contributed by atoms with E-state index in [4.69, 9.17) is 11.6 Å². The molecule has 2 aromatic rings. The Bertz CT molecular complexity index is 728. The van der Waals surface area contributed by atoms with Gasteiger partial charge in [-0.2, -0.15) is 5.10 Å². The lowest BCUT2D eigenvalue weighted by Crippen LogP contribution is -3.13. The second kappa shape index (κ2) is 7.55.